The van der Waals surface area contributed by atoms with Crippen molar-refractivity contribution in [2.75, 3.05) is 33.5 Å². The van der Waals surface area contributed by atoms with Crippen molar-refractivity contribution in [2.45, 2.75) is 77.0 Å². The molecule has 5 atom stereocenters. The molecule has 214 valence electrons. The number of guanidine groups is 1. The highest BCUT2D eigenvalue weighted by molar-refractivity contribution is 5.78. The van der Waals surface area contributed by atoms with E-state index in [0.29, 0.717) is 13.2 Å². The number of carbonyl (C=O) groups is 2. The van der Waals surface area contributed by atoms with Gasteiger partial charge >= 0.3 is 5.97 Å². The SMILES string of the molecule is CCOC1OC(COCc2ccccc2)[C@@H](OC)[C@H](OCC(=O)OC(C)(C)C)C1NC(=O)CCN=C(N)N. The molecule has 2 rings (SSSR count). The molecular formula is C26H42N4O8. The van der Waals surface area contributed by atoms with Crippen molar-refractivity contribution in [3.05, 3.63) is 35.9 Å². The minimum Gasteiger partial charge on any atom is -0.458 e. The highest BCUT2D eigenvalue weighted by Crippen LogP contribution is 2.27. The summed E-state index contributed by atoms with van der Waals surface area (Å²) in [5, 5.41) is 2.88. The van der Waals surface area contributed by atoms with Gasteiger partial charge in [-0.1, -0.05) is 30.3 Å². The molecule has 0 saturated carbocycles. The Kier molecular flexibility index (Phi) is 12.9. The predicted molar refractivity (Wildman–Crippen MR) is 140 cm³/mol. The quantitative estimate of drug-likeness (QED) is 0.176. The second kappa shape index (κ2) is 15.6. The van der Waals surface area contributed by atoms with Gasteiger partial charge in [-0.2, -0.15) is 0 Å². The lowest BCUT2D eigenvalue weighted by Crippen LogP contribution is -2.66. The van der Waals surface area contributed by atoms with Gasteiger partial charge in [-0.15, -0.1) is 0 Å². The Morgan fingerprint density at radius 2 is 1.82 bits per heavy atom. The molecule has 12 heteroatoms. The minimum absolute atomic E-state index is 0.0211. The maximum Gasteiger partial charge on any atom is 0.332 e. The molecule has 12 nitrogen and oxygen atoms in total. The topological polar surface area (TPSA) is 166 Å². The van der Waals surface area contributed by atoms with Crippen LogP contribution < -0.4 is 16.8 Å². The average molecular weight is 539 g/mol. The summed E-state index contributed by atoms with van der Waals surface area (Å²) in [6, 6.07) is 8.90. The number of nitrogens with zero attached hydrogens (tertiary/aromatic N) is 1. The van der Waals surface area contributed by atoms with E-state index in [2.05, 4.69) is 10.3 Å². The average Bonchev–Trinajstić information content (AvgIpc) is 2.83. The van der Waals surface area contributed by atoms with Crippen LogP contribution in [0.2, 0.25) is 0 Å². The molecule has 0 aromatic heterocycles. The van der Waals surface area contributed by atoms with Gasteiger partial charge in [0.15, 0.2) is 12.2 Å². The van der Waals surface area contributed by atoms with Gasteiger partial charge in [-0.3, -0.25) is 9.79 Å². The molecule has 3 unspecified atom stereocenters. The maximum absolute atomic E-state index is 12.7. The number of nitrogens with one attached hydrogen (secondary N) is 1. The number of nitrogens with two attached hydrogens (primary N) is 2. The number of hydrogen-bond acceptors (Lipinski definition) is 9. The molecule has 1 fully saturated rings. The zero-order valence-corrected chi connectivity index (χ0v) is 22.9. The van der Waals surface area contributed by atoms with Gasteiger partial charge in [0.05, 0.1) is 19.8 Å². The van der Waals surface area contributed by atoms with Crippen LogP contribution >= 0.6 is 0 Å². The molecular weight excluding hydrogens is 496 g/mol. The van der Waals surface area contributed by atoms with Gasteiger partial charge in [0, 0.05) is 20.1 Å². The lowest BCUT2D eigenvalue weighted by Gasteiger charge is -2.45. The smallest absolute Gasteiger partial charge is 0.332 e. The van der Waals surface area contributed by atoms with Crippen molar-refractivity contribution in [2.24, 2.45) is 16.5 Å². The fourth-order valence-electron chi connectivity index (χ4n) is 3.93. The summed E-state index contributed by atoms with van der Waals surface area (Å²) in [5.41, 5.74) is 11.0. The molecule has 0 spiro atoms. The number of benzene rings is 1. The van der Waals surface area contributed by atoms with Crippen LogP contribution in [0.3, 0.4) is 0 Å². The van der Waals surface area contributed by atoms with Crippen molar-refractivity contribution in [1.82, 2.24) is 5.32 Å². The highest BCUT2D eigenvalue weighted by Gasteiger charge is 2.48. The fraction of sp³-hybridized carbons (Fsp3) is 0.654. The molecule has 1 saturated heterocycles. The zero-order valence-electron chi connectivity index (χ0n) is 22.9. The van der Waals surface area contributed by atoms with E-state index in [4.69, 9.17) is 39.9 Å². The van der Waals surface area contributed by atoms with Crippen LogP contribution in [0.25, 0.3) is 0 Å². The number of methoxy groups -OCH3 is 1. The second-order valence-corrected chi connectivity index (χ2v) is 9.71. The third-order valence-electron chi connectivity index (χ3n) is 5.42. The number of hydrogen-bond donors (Lipinski definition) is 3. The fourth-order valence-corrected chi connectivity index (χ4v) is 3.93. The van der Waals surface area contributed by atoms with Crippen LogP contribution in [0.4, 0.5) is 0 Å². The summed E-state index contributed by atoms with van der Waals surface area (Å²) in [5.74, 6) is -1.02. The monoisotopic (exact) mass is 538 g/mol. The van der Waals surface area contributed by atoms with Crippen molar-refractivity contribution < 1.29 is 38.0 Å². The van der Waals surface area contributed by atoms with E-state index in [-0.39, 0.29) is 38.0 Å². The van der Waals surface area contributed by atoms with Crippen LogP contribution in [0.1, 0.15) is 39.7 Å². The summed E-state index contributed by atoms with van der Waals surface area (Å²) in [7, 11) is 1.50. The third-order valence-corrected chi connectivity index (χ3v) is 5.42. The van der Waals surface area contributed by atoms with E-state index in [1.807, 2.05) is 30.3 Å². The Morgan fingerprint density at radius 1 is 1.11 bits per heavy atom. The molecule has 38 heavy (non-hydrogen) atoms. The van der Waals surface area contributed by atoms with Crippen LogP contribution in [0.5, 0.6) is 0 Å². The largest absolute Gasteiger partial charge is 0.458 e. The van der Waals surface area contributed by atoms with Gasteiger partial charge in [-0.25, -0.2) is 4.79 Å². The van der Waals surface area contributed by atoms with Gasteiger partial charge in [0.25, 0.3) is 0 Å². The van der Waals surface area contributed by atoms with Crippen molar-refractivity contribution in [3.8, 4) is 0 Å². The van der Waals surface area contributed by atoms with E-state index >= 15 is 0 Å². The van der Waals surface area contributed by atoms with Crippen LogP contribution in [-0.2, 0) is 44.6 Å². The first-order valence-electron chi connectivity index (χ1n) is 12.6. The lowest BCUT2D eigenvalue weighted by atomic mass is 9.96. The van der Waals surface area contributed by atoms with Crippen molar-refractivity contribution in [3.63, 3.8) is 0 Å². The summed E-state index contributed by atoms with van der Waals surface area (Å²) < 4.78 is 35.1. The standard InChI is InChI=1S/C26H42N4O8/c1-6-35-24-21(30-19(31)12-13-29-25(27)28)23(36-16-20(32)38-26(2,3)4)22(33-5)18(37-24)15-34-14-17-10-8-7-9-11-17/h7-11,18,21-24H,6,12-16H2,1-5H3,(H,30,31)(H4,27,28,29)/t18?,21?,22-,23-,24?/m1/s1. The summed E-state index contributed by atoms with van der Waals surface area (Å²) in [6.07, 6.45) is -3.01. The van der Waals surface area contributed by atoms with E-state index in [9.17, 15) is 9.59 Å². The molecule has 0 bridgehead atoms. The number of rotatable bonds is 14. The molecule has 0 radical (unpaired) electrons. The van der Waals surface area contributed by atoms with E-state index in [1.165, 1.54) is 7.11 Å². The van der Waals surface area contributed by atoms with Crippen LogP contribution in [0, 0.1) is 0 Å². The highest BCUT2D eigenvalue weighted by atomic mass is 16.7. The van der Waals surface area contributed by atoms with Gasteiger partial charge in [0.2, 0.25) is 5.91 Å². The Morgan fingerprint density at radius 3 is 2.42 bits per heavy atom. The summed E-state index contributed by atoms with van der Waals surface area (Å²) in [6.45, 7) is 7.68. The molecule has 1 aromatic rings. The van der Waals surface area contributed by atoms with Gasteiger partial charge < -0.3 is 45.2 Å². The number of esters is 1. The molecule has 5 N–H and O–H groups in total. The molecule has 1 amide bonds. The maximum atomic E-state index is 12.7. The normalized spacial score (nSPS) is 23.4. The molecule has 1 heterocycles. The summed E-state index contributed by atoms with van der Waals surface area (Å²) >= 11 is 0. The molecule has 0 aliphatic carbocycles. The first-order valence-corrected chi connectivity index (χ1v) is 12.6. The van der Waals surface area contributed by atoms with E-state index in [0.717, 1.165) is 5.56 Å². The zero-order chi connectivity index (χ0) is 28.1. The lowest BCUT2D eigenvalue weighted by molar-refractivity contribution is -0.283. The number of aliphatic imine (C=N–C) groups is 1. The second-order valence-electron chi connectivity index (χ2n) is 9.71. The Labute approximate surface area is 224 Å². The first kappa shape index (κ1) is 31.4. The minimum atomic E-state index is -0.896. The molecule has 1 aliphatic heterocycles. The van der Waals surface area contributed by atoms with Crippen LogP contribution in [-0.4, -0.2) is 87.6 Å². The third kappa shape index (κ3) is 10.9. The number of carbonyl (C=O) groups excluding carboxylic acids is 2. The van der Waals surface area contributed by atoms with Crippen molar-refractivity contribution >= 4 is 17.8 Å². The van der Waals surface area contributed by atoms with Crippen LogP contribution in [0.15, 0.2) is 35.3 Å². The Hall–Kier alpha value is -2.77. The molecule has 1 aromatic carbocycles. The van der Waals surface area contributed by atoms with Gasteiger partial charge in [0.1, 0.15) is 36.6 Å². The first-order chi connectivity index (χ1) is 18.0. The van der Waals surface area contributed by atoms with Crippen molar-refractivity contribution in [1.29, 1.82) is 0 Å². The molecule has 1 aliphatic rings. The van der Waals surface area contributed by atoms with E-state index in [1.54, 1.807) is 27.7 Å². The predicted octanol–water partition coefficient (Wildman–Crippen LogP) is 0.855. The number of amides is 1. The Bertz CT molecular complexity index is 889. The number of ether oxygens (including phenoxy) is 6. The Balaban J connectivity index is 2.21. The van der Waals surface area contributed by atoms with Gasteiger partial charge in [-0.05, 0) is 33.3 Å². The summed E-state index contributed by atoms with van der Waals surface area (Å²) in [4.78, 5) is 29.0. The van der Waals surface area contributed by atoms with E-state index < -0.39 is 42.2 Å².